The number of benzene rings is 2. The number of hydrogen-bond acceptors (Lipinski definition) is 4. The van der Waals surface area contributed by atoms with E-state index in [-0.39, 0.29) is 21.4 Å². The van der Waals surface area contributed by atoms with Crippen LogP contribution in [0.4, 0.5) is 5.69 Å². The summed E-state index contributed by atoms with van der Waals surface area (Å²) in [5, 5.41) is 10.8. The highest BCUT2D eigenvalue weighted by molar-refractivity contribution is 7.89. The minimum absolute atomic E-state index is 0.0595. The highest BCUT2D eigenvalue weighted by Crippen LogP contribution is 2.67. The molecule has 26 heavy (non-hydrogen) atoms. The minimum atomic E-state index is -3.73. The second kappa shape index (κ2) is 5.41. The summed E-state index contributed by atoms with van der Waals surface area (Å²) >= 11 is 0. The van der Waals surface area contributed by atoms with Crippen molar-refractivity contribution < 1.29 is 13.3 Å². The first-order chi connectivity index (χ1) is 12.3. The number of nitro groups is 1. The van der Waals surface area contributed by atoms with Gasteiger partial charge in [0.2, 0.25) is 0 Å². The maximum absolute atomic E-state index is 12.9. The van der Waals surface area contributed by atoms with Crippen LogP contribution in [0.5, 0.6) is 0 Å². The molecule has 0 spiro atoms. The van der Waals surface area contributed by atoms with Gasteiger partial charge in [0.25, 0.3) is 15.7 Å². The molecule has 0 N–H and O–H groups in total. The van der Waals surface area contributed by atoms with E-state index in [1.54, 1.807) is 6.20 Å². The molecule has 0 unspecified atom stereocenters. The summed E-state index contributed by atoms with van der Waals surface area (Å²) in [6.45, 7) is 2.49. The van der Waals surface area contributed by atoms with Crippen LogP contribution in [0.25, 0.3) is 0 Å². The van der Waals surface area contributed by atoms with Gasteiger partial charge in [0.1, 0.15) is 0 Å². The molecule has 1 saturated carbocycles. The zero-order valence-electron chi connectivity index (χ0n) is 14.2. The van der Waals surface area contributed by atoms with Crippen LogP contribution in [0, 0.1) is 15.5 Å². The van der Waals surface area contributed by atoms with Crippen molar-refractivity contribution in [3.05, 3.63) is 82.6 Å². The molecular formula is C19H18N2O4S. The molecular weight excluding hydrogens is 352 g/mol. The number of non-ortho nitro benzene ring substituents is 1. The molecule has 0 bridgehead atoms. The second-order valence-electron chi connectivity index (χ2n) is 7.19. The average molecular weight is 370 g/mol. The summed E-state index contributed by atoms with van der Waals surface area (Å²) in [6, 6.07) is 15.1. The summed E-state index contributed by atoms with van der Waals surface area (Å²) in [5.41, 5.74) is 0.800. The molecule has 1 fully saturated rings. The molecule has 2 aromatic carbocycles. The zero-order chi connectivity index (χ0) is 18.6. The Hall–Kier alpha value is -2.67. The van der Waals surface area contributed by atoms with Crippen LogP contribution < -0.4 is 0 Å². The number of allylic oxidation sites excluding steroid dienone is 1. The largest absolute Gasteiger partial charge is 0.273 e. The molecule has 0 amide bonds. The van der Waals surface area contributed by atoms with Gasteiger partial charge in [0.05, 0.1) is 9.82 Å². The maximum atomic E-state index is 12.9. The van der Waals surface area contributed by atoms with Crippen molar-refractivity contribution in [2.45, 2.75) is 23.7 Å². The highest BCUT2D eigenvalue weighted by Gasteiger charge is 2.66. The third kappa shape index (κ3) is 2.34. The number of sulfonamides is 1. The molecule has 1 heterocycles. The Morgan fingerprint density at radius 2 is 1.73 bits per heavy atom. The van der Waals surface area contributed by atoms with Gasteiger partial charge in [0, 0.05) is 35.7 Å². The van der Waals surface area contributed by atoms with Crippen LogP contribution in [0.15, 0.2) is 71.8 Å². The van der Waals surface area contributed by atoms with Gasteiger partial charge in [-0.05, 0) is 24.1 Å². The predicted octanol–water partition coefficient (Wildman–Crippen LogP) is 3.46. The molecule has 7 heteroatoms. The maximum Gasteiger partial charge on any atom is 0.269 e. The SMILES string of the molecule is C[C@@]12CN(S(=O)(=O)c3ccc([N+](=O)[O-])cc3)C=C[C@]1(c1ccccc1)C2. The monoisotopic (exact) mass is 370 g/mol. The number of fused-ring (bicyclic) bond motifs is 1. The first-order valence-electron chi connectivity index (χ1n) is 8.30. The fourth-order valence-electron chi connectivity index (χ4n) is 3.96. The Morgan fingerprint density at radius 1 is 1.08 bits per heavy atom. The number of rotatable bonds is 4. The third-order valence-electron chi connectivity index (χ3n) is 5.59. The van der Waals surface area contributed by atoms with E-state index in [0.29, 0.717) is 6.54 Å². The summed E-state index contributed by atoms with van der Waals surface area (Å²) in [7, 11) is -3.73. The molecule has 2 aromatic rings. The van der Waals surface area contributed by atoms with Gasteiger partial charge < -0.3 is 0 Å². The first-order valence-corrected chi connectivity index (χ1v) is 9.74. The Bertz CT molecular complexity index is 1000. The fourth-order valence-corrected chi connectivity index (χ4v) is 5.38. The van der Waals surface area contributed by atoms with Crippen LogP contribution in [0.2, 0.25) is 0 Å². The molecule has 2 atom stereocenters. The standard InChI is InChI=1S/C19H18N2O4S/c1-18-13-19(18,15-5-3-2-4-6-15)11-12-20(14-18)26(24,25)17-9-7-16(8-10-17)21(22)23/h2-12H,13-14H2,1H3/t18-,19-/m1/s1. The van der Waals surface area contributed by atoms with Crippen molar-refractivity contribution in [1.82, 2.24) is 4.31 Å². The van der Waals surface area contributed by atoms with Crippen molar-refractivity contribution in [2.24, 2.45) is 5.41 Å². The van der Waals surface area contributed by atoms with Crippen molar-refractivity contribution in [3.63, 3.8) is 0 Å². The van der Waals surface area contributed by atoms with E-state index >= 15 is 0 Å². The van der Waals surface area contributed by atoms with Gasteiger partial charge in [-0.15, -0.1) is 0 Å². The lowest BCUT2D eigenvalue weighted by atomic mass is 9.85. The van der Waals surface area contributed by atoms with Crippen LogP contribution in [-0.2, 0) is 15.4 Å². The van der Waals surface area contributed by atoms with Crippen LogP contribution in [-0.4, -0.2) is 24.2 Å². The normalized spacial score (nSPS) is 27.0. The summed E-state index contributed by atoms with van der Waals surface area (Å²) in [5.74, 6) is 0. The Morgan fingerprint density at radius 3 is 2.31 bits per heavy atom. The smallest absolute Gasteiger partial charge is 0.269 e. The molecule has 0 radical (unpaired) electrons. The van der Waals surface area contributed by atoms with Crippen molar-refractivity contribution >= 4 is 15.7 Å². The lowest BCUT2D eigenvalue weighted by Gasteiger charge is -2.32. The third-order valence-corrected chi connectivity index (χ3v) is 7.33. The Balaban J connectivity index is 1.65. The van der Waals surface area contributed by atoms with E-state index in [2.05, 4.69) is 19.1 Å². The number of nitrogens with zero attached hydrogens (tertiary/aromatic N) is 2. The van der Waals surface area contributed by atoms with E-state index < -0.39 is 14.9 Å². The molecule has 4 rings (SSSR count). The Labute approximate surface area is 152 Å². The number of hydrogen-bond donors (Lipinski definition) is 0. The predicted molar refractivity (Wildman–Crippen MR) is 97.0 cm³/mol. The van der Waals surface area contributed by atoms with Gasteiger partial charge >= 0.3 is 0 Å². The molecule has 6 nitrogen and oxygen atoms in total. The van der Waals surface area contributed by atoms with Crippen molar-refractivity contribution in [3.8, 4) is 0 Å². The fraction of sp³-hybridized carbons (Fsp3) is 0.263. The minimum Gasteiger partial charge on any atom is -0.273 e. The van der Waals surface area contributed by atoms with Gasteiger partial charge in [0.15, 0.2) is 0 Å². The molecule has 2 aliphatic rings. The molecule has 1 aliphatic carbocycles. The van der Waals surface area contributed by atoms with Gasteiger partial charge in [-0.25, -0.2) is 8.42 Å². The molecule has 1 aliphatic heterocycles. The van der Waals surface area contributed by atoms with Crippen LogP contribution >= 0.6 is 0 Å². The van der Waals surface area contributed by atoms with E-state index in [0.717, 1.165) is 6.42 Å². The van der Waals surface area contributed by atoms with Gasteiger partial charge in [-0.3, -0.25) is 14.4 Å². The molecule has 0 saturated heterocycles. The summed E-state index contributed by atoms with van der Waals surface area (Å²) in [6.07, 6.45) is 4.51. The topological polar surface area (TPSA) is 80.5 Å². The summed E-state index contributed by atoms with van der Waals surface area (Å²) < 4.78 is 27.2. The first kappa shape index (κ1) is 16.8. The van der Waals surface area contributed by atoms with E-state index in [1.165, 1.54) is 34.1 Å². The Kier molecular flexibility index (Phi) is 3.49. The van der Waals surface area contributed by atoms with Crippen LogP contribution in [0.1, 0.15) is 18.9 Å². The molecule has 134 valence electrons. The van der Waals surface area contributed by atoms with Crippen LogP contribution in [0.3, 0.4) is 0 Å². The van der Waals surface area contributed by atoms with Crippen molar-refractivity contribution in [2.75, 3.05) is 6.54 Å². The average Bonchev–Trinajstić information content (AvgIpc) is 3.29. The lowest BCUT2D eigenvalue weighted by Crippen LogP contribution is -2.37. The van der Waals surface area contributed by atoms with Crippen molar-refractivity contribution in [1.29, 1.82) is 0 Å². The second-order valence-corrected chi connectivity index (χ2v) is 9.08. The van der Waals surface area contributed by atoms with Gasteiger partial charge in [-0.1, -0.05) is 43.3 Å². The van der Waals surface area contributed by atoms with E-state index in [9.17, 15) is 18.5 Å². The lowest BCUT2D eigenvalue weighted by molar-refractivity contribution is -0.384. The van der Waals surface area contributed by atoms with E-state index in [1.807, 2.05) is 24.3 Å². The highest BCUT2D eigenvalue weighted by atomic mass is 32.2. The van der Waals surface area contributed by atoms with E-state index in [4.69, 9.17) is 0 Å². The quantitative estimate of drug-likeness (QED) is 0.610. The molecule has 0 aromatic heterocycles. The van der Waals surface area contributed by atoms with Gasteiger partial charge in [-0.2, -0.15) is 0 Å². The zero-order valence-corrected chi connectivity index (χ0v) is 15.0. The summed E-state index contributed by atoms with van der Waals surface area (Å²) in [4.78, 5) is 10.3. The number of nitro benzene ring substituents is 1.